The van der Waals surface area contributed by atoms with Crippen molar-refractivity contribution in [2.45, 2.75) is 0 Å². The van der Waals surface area contributed by atoms with Crippen LogP contribution in [-0.4, -0.2) is 26.6 Å². The standard InChI is InChI=1S/C20H14N4OS/c1-25-14-7-4-6-13(12-14)24-19(17-10-5-11-26-17)23-18-20(24)22-16-9-3-2-8-15(16)21-18/h2-12H,1H3. The highest BCUT2D eigenvalue weighted by molar-refractivity contribution is 7.13. The molecule has 26 heavy (non-hydrogen) atoms. The van der Waals surface area contributed by atoms with E-state index in [2.05, 4.69) is 6.07 Å². The molecule has 6 heteroatoms. The minimum atomic E-state index is 0.634. The number of thiophene rings is 1. The Labute approximate surface area is 153 Å². The van der Waals surface area contributed by atoms with Crippen molar-refractivity contribution in [1.82, 2.24) is 19.5 Å². The fourth-order valence-electron chi connectivity index (χ4n) is 3.02. The number of imidazole rings is 1. The number of hydrogen-bond acceptors (Lipinski definition) is 5. The van der Waals surface area contributed by atoms with Gasteiger partial charge in [0.1, 0.15) is 5.75 Å². The topological polar surface area (TPSA) is 52.8 Å². The van der Waals surface area contributed by atoms with Crippen molar-refractivity contribution < 1.29 is 4.74 Å². The summed E-state index contributed by atoms with van der Waals surface area (Å²) in [6.07, 6.45) is 0. The van der Waals surface area contributed by atoms with Gasteiger partial charge in [-0.25, -0.2) is 15.0 Å². The van der Waals surface area contributed by atoms with Crippen LogP contribution in [-0.2, 0) is 0 Å². The fraction of sp³-hybridized carbons (Fsp3) is 0.0500. The Hall–Kier alpha value is -3.25. The minimum absolute atomic E-state index is 0.634. The van der Waals surface area contributed by atoms with Crippen molar-refractivity contribution in [3.8, 4) is 22.1 Å². The van der Waals surface area contributed by atoms with E-state index in [4.69, 9.17) is 19.7 Å². The summed E-state index contributed by atoms with van der Waals surface area (Å²) in [7, 11) is 1.67. The van der Waals surface area contributed by atoms with E-state index < -0.39 is 0 Å². The molecule has 0 aliphatic rings. The van der Waals surface area contributed by atoms with Crippen LogP contribution in [0.2, 0.25) is 0 Å². The monoisotopic (exact) mass is 358 g/mol. The third-order valence-electron chi connectivity index (χ3n) is 4.22. The van der Waals surface area contributed by atoms with E-state index in [0.29, 0.717) is 5.65 Å². The van der Waals surface area contributed by atoms with Gasteiger partial charge in [0.05, 0.1) is 28.7 Å². The first-order valence-electron chi connectivity index (χ1n) is 8.17. The number of rotatable bonds is 3. The lowest BCUT2D eigenvalue weighted by atomic mass is 10.3. The van der Waals surface area contributed by atoms with E-state index in [1.54, 1.807) is 18.4 Å². The molecule has 0 saturated carbocycles. The molecule has 0 aliphatic heterocycles. The van der Waals surface area contributed by atoms with Gasteiger partial charge in [-0.3, -0.25) is 4.57 Å². The zero-order valence-corrected chi connectivity index (χ0v) is 14.8. The van der Waals surface area contributed by atoms with Crippen LogP contribution < -0.4 is 4.74 Å². The Balaban J connectivity index is 1.88. The van der Waals surface area contributed by atoms with E-state index in [0.717, 1.165) is 38.8 Å². The summed E-state index contributed by atoms with van der Waals surface area (Å²) in [5.41, 5.74) is 4.00. The molecule has 0 atom stereocenters. The summed E-state index contributed by atoms with van der Waals surface area (Å²) < 4.78 is 7.44. The highest BCUT2D eigenvalue weighted by Crippen LogP contribution is 2.31. The number of nitrogens with zero attached hydrogens (tertiary/aromatic N) is 4. The van der Waals surface area contributed by atoms with Gasteiger partial charge < -0.3 is 4.74 Å². The highest BCUT2D eigenvalue weighted by Gasteiger charge is 2.18. The highest BCUT2D eigenvalue weighted by atomic mass is 32.1. The molecule has 5 rings (SSSR count). The van der Waals surface area contributed by atoms with Crippen molar-refractivity contribution >= 4 is 33.7 Å². The van der Waals surface area contributed by atoms with E-state index in [-0.39, 0.29) is 0 Å². The van der Waals surface area contributed by atoms with Crippen LogP contribution >= 0.6 is 11.3 Å². The first-order chi connectivity index (χ1) is 12.8. The Morgan fingerprint density at radius 2 is 1.73 bits per heavy atom. The first kappa shape index (κ1) is 15.0. The predicted molar refractivity (Wildman–Crippen MR) is 104 cm³/mol. The third-order valence-corrected chi connectivity index (χ3v) is 5.09. The van der Waals surface area contributed by atoms with Crippen molar-refractivity contribution in [2.75, 3.05) is 7.11 Å². The maximum absolute atomic E-state index is 5.40. The number of fused-ring (bicyclic) bond motifs is 2. The molecule has 0 bridgehead atoms. The number of hydrogen-bond donors (Lipinski definition) is 0. The van der Waals surface area contributed by atoms with Crippen molar-refractivity contribution in [1.29, 1.82) is 0 Å². The minimum Gasteiger partial charge on any atom is -0.497 e. The Kier molecular flexibility index (Phi) is 3.43. The quantitative estimate of drug-likeness (QED) is 0.469. The molecule has 0 fully saturated rings. The lowest BCUT2D eigenvalue weighted by Gasteiger charge is -2.09. The van der Waals surface area contributed by atoms with Gasteiger partial charge in [-0.05, 0) is 35.7 Å². The maximum Gasteiger partial charge on any atom is 0.199 e. The van der Waals surface area contributed by atoms with Crippen LogP contribution in [0.5, 0.6) is 5.75 Å². The molecule has 0 aliphatic carbocycles. The molecule has 2 aromatic carbocycles. The second kappa shape index (κ2) is 5.93. The second-order valence-electron chi connectivity index (χ2n) is 5.81. The lowest BCUT2D eigenvalue weighted by molar-refractivity contribution is 0.414. The van der Waals surface area contributed by atoms with Crippen LogP contribution in [0, 0.1) is 0 Å². The zero-order chi connectivity index (χ0) is 17.5. The molecule has 0 radical (unpaired) electrons. The van der Waals surface area contributed by atoms with Gasteiger partial charge in [-0.1, -0.05) is 24.3 Å². The van der Waals surface area contributed by atoms with E-state index in [1.165, 1.54) is 0 Å². The van der Waals surface area contributed by atoms with Gasteiger partial charge in [0.15, 0.2) is 17.1 Å². The van der Waals surface area contributed by atoms with Crippen molar-refractivity contribution in [2.24, 2.45) is 0 Å². The smallest absolute Gasteiger partial charge is 0.199 e. The molecule has 0 N–H and O–H groups in total. The maximum atomic E-state index is 5.40. The fourth-order valence-corrected chi connectivity index (χ4v) is 3.73. The molecular formula is C20H14N4OS. The molecule has 126 valence electrons. The third kappa shape index (κ3) is 2.34. The summed E-state index contributed by atoms with van der Waals surface area (Å²) in [6, 6.07) is 19.8. The average molecular weight is 358 g/mol. The van der Waals surface area contributed by atoms with Crippen LogP contribution in [0.3, 0.4) is 0 Å². The van der Waals surface area contributed by atoms with Gasteiger partial charge in [0, 0.05) is 6.07 Å². The lowest BCUT2D eigenvalue weighted by Crippen LogP contribution is -1.99. The average Bonchev–Trinajstić information content (AvgIpc) is 3.33. The van der Waals surface area contributed by atoms with Crippen LogP contribution in [0.25, 0.3) is 38.7 Å². The molecule has 0 unspecified atom stereocenters. The largest absolute Gasteiger partial charge is 0.497 e. The molecule has 3 heterocycles. The summed E-state index contributed by atoms with van der Waals surface area (Å²) in [5.74, 6) is 1.62. The SMILES string of the molecule is COc1cccc(-n2c(-c3cccs3)nc3nc4ccccc4nc32)c1. The van der Waals surface area contributed by atoms with Crippen LogP contribution in [0.1, 0.15) is 0 Å². The first-order valence-corrected chi connectivity index (χ1v) is 9.05. The summed E-state index contributed by atoms with van der Waals surface area (Å²) in [6.45, 7) is 0. The van der Waals surface area contributed by atoms with Crippen LogP contribution in [0.15, 0.2) is 66.0 Å². The van der Waals surface area contributed by atoms with Gasteiger partial charge in [0.2, 0.25) is 0 Å². The molecule has 5 aromatic rings. The Bertz CT molecular complexity index is 1230. The normalized spacial score (nSPS) is 11.3. The number of benzene rings is 2. The molecule has 0 saturated heterocycles. The summed E-state index contributed by atoms with van der Waals surface area (Å²) in [5, 5.41) is 2.04. The van der Waals surface area contributed by atoms with Gasteiger partial charge in [0.25, 0.3) is 0 Å². The zero-order valence-electron chi connectivity index (χ0n) is 14.0. The molecule has 5 nitrogen and oxygen atoms in total. The number of ether oxygens (including phenoxy) is 1. The van der Waals surface area contributed by atoms with E-state index in [9.17, 15) is 0 Å². The number of para-hydroxylation sites is 2. The predicted octanol–water partition coefficient (Wildman–Crippen LogP) is 4.71. The van der Waals surface area contributed by atoms with E-state index in [1.807, 2.05) is 64.5 Å². The van der Waals surface area contributed by atoms with Crippen molar-refractivity contribution in [3.05, 3.63) is 66.0 Å². The molecular weight excluding hydrogens is 344 g/mol. The van der Waals surface area contributed by atoms with Gasteiger partial charge >= 0.3 is 0 Å². The number of methoxy groups -OCH3 is 1. The Morgan fingerprint density at radius 3 is 2.50 bits per heavy atom. The van der Waals surface area contributed by atoms with Crippen molar-refractivity contribution in [3.63, 3.8) is 0 Å². The van der Waals surface area contributed by atoms with E-state index >= 15 is 0 Å². The molecule has 3 aromatic heterocycles. The van der Waals surface area contributed by atoms with Crippen LogP contribution in [0.4, 0.5) is 0 Å². The van der Waals surface area contributed by atoms with Gasteiger partial charge in [-0.15, -0.1) is 11.3 Å². The second-order valence-corrected chi connectivity index (χ2v) is 6.76. The number of aromatic nitrogens is 4. The molecule has 0 amide bonds. The summed E-state index contributed by atoms with van der Waals surface area (Å²) >= 11 is 1.64. The van der Waals surface area contributed by atoms with Gasteiger partial charge in [-0.2, -0.15) is 0 Å². The Morgan fingerprint density at radius 1 is 0.885 bits per heavy atom. The molecule has 0 spiro atoms. The summed E-state index contributed by atoms with van der Waals surface area (Å²) in [4.78, 5) is 15.4.